The number of carbonyl (C=O) groups is 2. The van der Waals surface area contributed by atoms with Crippen LogP contribution in [0.4, 0.5) is 10.5 Å². The number of nitriles is 1. The lowest BCUT2D eigenvalue weighted by Crippen LogP contribution is -2.60. The third kappa shape index (κ3) is 5.23. The number of benzene rings is 1. The fraction of sp³-hybridized carbons (Fsp3) is 0.520. The van der Waals surface area contributed by atoms with E-state index in [-0.39, 0.29) is 17.9 Å². The van der Waals surface area contributed by atoms with E-state index in [1.54, 1.807) is 17.2 Å². The largest absolute Gasteiger partial charge is 0.444 e. The Morgan fingerprint density at radius 2 is 2.00 bits per heavy atom. The molecule has 0 radical (unpaired) electrons. The lowest BCUT2D eigenvalue weighted by Gasteiger charge is -2.44. The van der Waals surface area contributed by atoms with Gasteiger partial charge in [0.2, 0.25) is 0 Å². The lowest BCUT2D eigenvalue weighted by molar-refractivity contribution is -0.154. The molecule has 9 nitrogen and oxygen atoms in total. The molecule has 2 aromatic rings. The quantitative estimate of drug-likeness (QED) is 0.740. The molecule has 0 saturated carbocycles. The average Bonchev–Trinajstić information content (AvgIpc) is 2.75. The number of amides is 2. The van der Waals surface area contributed by atoms with E-state index in [2.05, 4.69) is 21.3 Å². The topological polar surface area (TPSA) is 108 Å². The minimum atomic E-state index is -0.578. The number of nitrogens with zero attached hydrogens (tertiary/aromatic N) is 4. The van der Waals surface area contributed by atoms with E-state index in [1.807, 2.05) is 45.9 Å². The monoisotopic (exact) mass is 465 g/mol. The third-order valence-corrected chi connectivity index (χ3v) is 5.95. The third-order valence-electron chi connectivity index (χ3n) is 5.95. The van der Waals surface area contributed by atoms with Gasteiger partial charge in [-0.25, -0.2) is 4.79 Å². The first kappa shape index (κ1) is 23.8. The van der Waals surface area contributed by atoms with Crippen molar-refractivity contribution in [1.82, 2.24) is 15.2 Å². The van der Waals surface area contributed by atoms with E-state index in [0.29, 0.717) is 43.8 Å². The summed E-state index contributed by atoms with van der Waals surface area (Å²) in [6.07, 6.45) is 0.530. The molecule has 0 spiro atoms. The van der Waals surface area contributed by atoms with Gasteiger partial charge >= 0.3 is 6.09 Å². The van der Waals surface area contributed by atoms with Crippen LogP contribution in [0.25, 0.3) is 10.9 Å². The highest BCUT2D eigenvalue weighted by Crippen LogP contribution is 2.31. The van der Waals surface area contributed by atoms with Gasteiger partial charge in [-0.3, -0.25) is 9.78 Å². The smallest absolute Gasteiger partial charge is 0.407 e. The van der Waals surface area contributed by atoms with Gasteiger partial charge in [0.25, 0.3) is 5.91 Å². The molecule has 1 N–H and O–H groups in total. The first-order valence-electron chi connectivity index (χ1n) is 11.6. The molecule has 4 rings (SSSR count). The predicted octanol–water partition coefficient (Wildman–Crippen LogP) is 2.68. The van der Waals surface area contributed by atoms with E-state index in [0.717, 1.165) is 11.1 Å². The predicted molar refractivity (Wildman–Crippen MR) is 127 cm³/mol. The number of carbonyl (C=O) groups excluding carboxylic acids is 2. The van der Waals surface area contributed by atoms with Crippen molar-refractivity contribution in [1.29, 1.82) is 5.26 Å². The molecule has 34 heavy (non-hydrogen) atoms. The lowest BCUT2D eigenvalue weighted by atomic mass is 9.98. The van der Waals surface area contributed by atoms with E-state index in [1.165, 1.54) is 0 Å². The Morgan fingerprint density at radius 1 is 1.24 bits per heavy atom. The molecule has 1 unspecified atom stereocenters. The van der Waals surface area contributed by atoms with Crippen LogP contribution in [0.2, 0.25) is 0 Å². The highest BCUT2D eigenvalue weighted by atomic mass is 16.6. The molecule has 2 aliphatic heterocycles. The van der Waals surface area contributed by atoms with Crippen LogP contribution in [0.15, 0.2) is 30.5 Å². The number of fused-ring (bicyclic) bond motifs is 1. The number of hydrogen-bond acceptors (Lipinski definition) is 7. The van der Waals surface area contributed by atoms with Crippen LogP contribution in [0.3, 0.4) is 0 Å². The standard InChI is InChI=1S/C25H31N5O4/c1-16-12-29(20-8-7-18(10-26)22-19(20)6-5-9-27-22)15-21(33-16)23(31)30-13-17(14-30)11-28-24(32)34-25(2,3)4/h5-9,16-17,21H,11-15H2,1-4H3,(H,28,32)/t16?,21-/m1/s1. The van der Waals surface area contributed by atoms with Gasteiger partial charge in [0, 0.05) is 49.4 Å². The molecule has 2 aliphatic rings. The molecule has 2 fully saturated rings. The van der Waals surface area contributed by atoms with Gasteiger partial charge in [0.15, 0.2) is 6.10 Å². The van der Waals surface area contributed by atoms with Crippen molar-refractivity contribution in [2.24, 2.45) is 5.92 Å². The van der Waals surface area contributed by atoms with Gasteiger partial charge in [0.1, 0.15) is 11.7 Å². The summed E-state index contributed by atoms with van der Waals surface area (Å²) in [4.78, 5) is 33.3. The number of likely N-dealkylation sites (tertiary alicyclic amines) is 1. The molecule has 2 saturated heterocycles. The highest BCUT2D eigenvalue weighted by molar-refractivity contribution is 5.95. The van der Waals surface area contributed by atoms with Crippen molar-refractivity contribution in [2.45, 2.75) is 45.5 Å². The first-order chi connectivity index (χ1) is 16.1. The molecule has 0 aliphatic carbocycles. The summed E-state index contributed by atoms with van der Waals surface area (Å²) in [7, 11) is 0. The normalized spacial score (nSPS) is 21.0. The zero-order valence-electron chi connectivity index (χ0n) is 20.1. The summed E-state index contributed by atoms with van der Waals surface area (Å²) in [6.45, 7) is 10.1. The van der Waals surface area contributed by atoms with Crippen molar-refractivity contribution in [3.8, 4) is 6.07 Å². The van der Waals surface area contributed by atoms with Crippen LogP contribution in [-0.4, -0.2) is 72.4 Å². The van der Waals surface area contributed by atoms with Crippen molar-refractivity contribution in [3.63, 3.8) is 0 Å². The molecule has 3 heterocycles. The molecule has 2 amide bonds. The minimum Gasteiger partial charge on any atom is -0.444 e. The second-order valence-corrected chi connectivity index (χ2v) is 9.98. The SMILES string of the molecule is CC1CN(c2ccc(C#N)c3ncccc23)C[C@H](C(=O)N2CC(CNC(=O)OC(C)(C)C)C2)O1. The van der Waals surface area contributed by atoms with Crippen molar-refractivity contribution in [2.75, 3.05) is 37.6 Å². The van der Waals surface area contributed by atoms with Crippen LogP contribution in [0, 0.1) is 17.2 Å². The van der Waals surface area contributed by atoms with Crippen LogP contribution < -0.4 is 10.2 Å². The number of aromatic nitrogens is 1. The van der Waals surface area contributed by atoms with Crippen LogP contribution in [0.1, 0.15) is 33.3 Å². The second-order valence-electron chi connectivity index (χ2n) is 9.98. The van der Waals surface area contributed by atoms with E-state index < -0.39 is 17.8 Å². The minimum absolute atomic E-state index is 0.0406. The fourth-order valence-corrected chi connectivity index (χ4v) is 4.43. The van der Waals surface area contributed by atoms with Crippen molar-refractivity contribution >= 4 is 28.6 Å². The zero-order chi connectivity index (χ0) is 24.5. The highest BCUT2D eigenvalue weighted by Gasteiger charge is 2.39. The number of nitrogens with one attached hydrogen (secondary N) is 1. The van der Waals surface area contributed by atoms with E-state index in [4.69, 9.17) is 9.47 Å². The average molecular weight is 466 g/mol. The second kappa shape index (κ2) is 9.47. The summed E-state index contributed by atoms with van der Waals surface area (Å²) >= 11 is 0. The van der Waals surface area contributed by atoms with Crippen LogP contribution in [-0.2, 0) is 14.3 Å². The van der Waals surface area contributed by atoms with Crippen molar-refractivity contribution < 1.29 is 19.1 Å². The maximum Gasteiger partial charge on any atom is 0.407 e. The zero-order valence-corrected chi connectivity index (χ0v) is 20.1. The summed E-state index contributed by atoms with van der Waals surface area (Å²) in [6, 6.07) is 9.70. The molecule has 2 atom stereocenters. The Hall–Kier alpha value is -3.38. The molecule has 1 aromatic heterocycles. The first-order valence-corrected chi connectivity index (χ1v) is 11.6. The fourth-order valence-electron chi connectivity index (χ4n) is 4.43. The van der Waals surface area contributed by atoms with Gasteiger partial charge in [-0.15, -0.1) is 0 Å². The number of rotatable bonds is 4. The Labute approximate surface area is 199 Å². The van der Waals surface area contributed by atoms with Crippen LogP contribution >= 0.6 is 0 Å². The Balaban J connectivity index is 1.37. The van der Waals surface area contributed by atoms with Gasteiger partial charge in [-0.2, -0.15) is 5.26 Å². The maximum atomic E-state index is 13.1. The van der Waals surface area contributed by atoms with Gasteiger partial charge in [0.05, 0.1) is 23.7 Å². The molecular weight excluding hydrogens is 434 g/mol. The Kier molecular flexibility index (Phi) is 6.62. The summed E-state index contributed by atoms with van der Waals surface area (Å²) in [5, 5.41) is 13.1. The molecule has 9 heteroatoms. The van der Waals surface area contributed by atoms with Crippen LogP contribution in [0.5, 0.6) is 0 Å². The number of pyridine rings is 1. The number of anilines is 1. The number of ether oxygens (including phenoxy) is 2. The van der Waals surface area contributed by atoms with Gasteiger partial charge in [-0.1, -0.05) is 0 Å². The van der Waals surface area contributed by atoms with Gasteiger partial charge < -0.3 is 24.6 Å². The Morgan fingerprint density at radius 3 is 2.71 bits per heavy atom. The van der Waals surface area contributed by atoms with E-state index in [9.17, 15) is 14.9 Å². The maximum absolute atomic E-state index is 13.1. The molecular formula is C25H31N5O4. The summed E-state index contributed by atoms with van der Waals surface area (Å²) in [5.41, 5.74) is 1.59. The number of morpholine rings is 1. The molecule has 1 aromatic carbocycles. The number of alkyl carbamates (subject to hydrolysis) is 1. The van der Waals surface area contributed by atoms with Gasteiger partial charge in [-0.05, 0) is 52.0 Å². The number of hydrogen-bond donors (Lipinski definition) is 1. The summed E-state index contributed by atoms with van der Waals surface area (Å²) in [5.74, 6) is 0.156. The Bertz CT molecular complexity index is 1120. The van der Waals surface area contributed by atoms with Crippen molar-refractivity contribution in [3.05, 3.63) is 36.0 Å². The molecule has 0 bridgehead atoms. The van der Waals surface area contributed by atoms with E-state index >= 15 is 0 Å². The summed E-state index contributed by atoms with van der Waals surface area (Å²) < 4.78 is 11.3. The molecule has 180 valence electrons.